The monoisotopic (exact) mass is 452 g/mol. The van der Waals surface area contributed by atoms with E-state index in [9.17, 15) is 22.8 Å². The Balaban J connectivity index is 1.72. The van der Waals surface area contributed by atoms with Gasteiger partial charge in [-0.05, 0) is 49.4 Å². The maximum Gasteiger partial charge on any atom is 0.417 e. The lowest BCUT2D eigenvalue weighted by Gasteiger charge is -2.13. The Morgan fingerprint density at radius 2 is 1.90 bits per heavy atom. The van der Waals surface area contributed by atoms with Gasteiger partial charge in [0.2, 0.25) is 0 Å². The Kier molecular flexibility index (Phi) is 6.50. The van der Waals surface area contributed by atoms with Gasteiger partial charge in [-0.15, -0.1) is 0 Å². The molecule has 0 saturated carbocycles. The van der Waals surface area contributed by atoms with Crippen LogP contribution in [0.15, 0.2) is 54.9 Å². The van der Waals surface area contributed by atoms with Crippen molar-refractivity contribution in [1.82, 2.24) is 15.0 Å². The molecular formula is C20H16ClF3N4O3. The first kappa shape index (κ1) is 22.2. The zero-order valence-corrected chi connectivity index (χ0v) is 16.8. The molecule has 0 aliphatic heterocycles. The molecule has 2 aromatic heterocycles. The van der Waals surface area contributed by atoms with Gasteiger partial charge in [-0.3, -0.25) is 20.2 Å². The van der Waals surface area contributed by atoms with Gasteiger partial charge in [-0.1, -0.05) is 11.6 Å². The van der Waals surface area contributed by atoms with E-state index in [1.54, 1.807) is 19.1 Å². The van der Waals surface area contributed by atoms with E-state index in [-0.39, 0.29) is 23.1 Å². The smallest absolute Gasteiger partial charge is 0.417 e. The van der Waals surface area contributed by atoms with Crippen LogP contribution in [0.3, 0.4) is 0 Å². The number of alkyl halides is 3. The third kappa shape index (κ3) is 5.15. The molecule has 0 unspecified atom stereocenters. The Hall–Kier alpha value is -3.53. The lowest BCUT2D eigenvalue weighted by atomic mass is 10.2. The molecule has 3 rings (SSSR count). The summed E-state index contributed by atoms with van der Waals surface area (Å²) in [6, 6.07) is 9.92. The summed E-state index contributed by atoms with van der Waals surface area (Å²) in [6.45, 7) is 1.96. The maximum atomic E-state index is 12.8. The van der Waals surface area contributed by atoms with Crippen molar-refractivity contribution in [1.29, 1.82) is 0 Å². The quantitative estimate of drug-likeness (QED) is 0.425. The number of hydrazine groups is 1. The van der Waals surface area contributed by atoms with Crippen molar-refractivity contribution in [3.63, 3.8) is 0 Å². The highest BCUT2D eigenvalue weighted by molar-refractivity contribution is 6.32. The fourth-order valence-corrected chi connectivity index (χ4v) is 2.87. The van der Waals surface area contributed by atoms with Gasteiger partial charge in [0.15, 0.2) is 5.82 Å². The van der Waals surface area contributed by atoms with Gasteiger partial charge >= 0.3 is 12.1 Å². The molecular weight excluding hydrogens is 437 g/mol. The summed E-state index contributed by atoms with van der Waals surface area (Å²) in [5.41, 5.74) is 5.09. The van der Waals surface area contributed by atoms with Gasteiger partial charge < -0.3 is 4.74 Å². The number of ether oxygens (including phenoxy) is 1. The normalized spacial score (nSPS) is 11.1. The van der Waals surface area contributed by atoms with Crippen LogP contribution in [-0.2, 0) is 10.9 Å². The van der Waals surface area contributed by atoms with Gasteiger partial charge in [0.05, 0.1) is 28.4 Å². The number of halogens is 4. The molecule has 0 spiro atoms. The first-order chi connectivity index (χ1) is 14.7. The summed E-state index contributed by atoms with van der Waals surface area (Å²) in [7, 11) is 0. The number of nitrogens with zero attached hydrogens (tertiary/aromatic N) is 2. The number of anilines is 1. The van der Waals surface area contributed by atoms with Crippen molar-refractivity contribution in [2.24, 2.45) is 0 Å². The molecule has 0 aliphatic carbocycles. The number of carbonyl (C=O) groups excluding carboxylic acids is 2. The number of aromatic nitrogens is 2. The highest BCUT2D eigenvalue weighted by Crippen LogP contribution is 2.32. The predicted molar refractivity (Wildman–Crippen MR) is 107 cm³/mol. The van der Waals surface area contributed by atoms with Crippen LogP contribution in [0.2, 0.25) is 5.02 Å². The van der Waals surface area contributed by atoms with E-state index in [2.05, 4.69) is 15.8 Å². The summed E-state index contributed by atoms with van der Waals surface area (Å²) in [6.07, 6.45) is -2.49. The fraction of sp³-hybridized carbons (Fsp3) is 0.150. The largest absolute Gasteiger partial charge is 0.462 e. The predicted octanol–water partition coefficient (Wildman–Crippen LogP) is 4.48. The van der Waals surface area contributed by atoms with Crippen LogP contribution in [0.1, 0.15) is 33.3 Å². The molecule has 1 aromatic carbocycles. The minimum Gasteiger partial charge on any atom is -0.462 e. The Morgan fingerprint density at radius 1 is 1.19 bits per heavy atom. The highest BCUT2D eigenvalue weighted by Gasteiger charge is 2.32. The molecule has 1 amide bonds. The van der Waals surface area contributed by atoms with Crippen LogP contribution < -0.4 is 10.9 Å². The number of benzene rings is 1. The molecule has 0 aliphatic rings. The lowest BCUT2D eigenvalue weighted by molar-refractivity contribution is -0.137. The number of hydrogen-bond donors (Lipinski definition) is 2. The van der Waals surface area contributed by atoms with Gasteiger partial charge in [-0.25, -0.2) is 9.78 Å². The Morgan fingerprint density at radius 3 is 2.52 bits per heavy atom. The van der Waals surface area contributed by atoms with Crippen LogP contribution in [0.25, 0.3) is 5.82 Å². The summed E-state index contributed by atoms with van der Waals surface area (Å²) < 4.78 is 44.6. The Bertz CT molecular complexity index is 1100. The van der Waals surface area contributed by atoms with Gasteiger partial charge in [0, 0.05) is 12.4 Å². The molecule has 0 fully saturated rings. The van der Waals surface area contributed by atoms with Crippen molar-refractivity contribution in [3.05, 3.63) is 76.7 Å². The highest BCUT2D eigenvalue weighted by atomic mass is 35.5. The van der Waals surface area contributed by atoms with Gasteiger partial charge in [0.25, 0.3) is 5.91 Å². The van der Waals surface area contributed by atoms with Gasteiger partial charge in [-0.2, -0.15) is 13.2 Å². The molecule has 31 heavy (non-hydrogen) atoms. The third-order valence-corrected chi connectivity index (χ3v) is 4.35. The average Bonchev–Trinajstić information content (AvgIpc) is 3.21. The molecule has 2 heterocycles. The molecule has 0 bridgehead atoms. The van der Waals surface area contributed by atoms with E-state index >= 15 is 0 Å². The standard InChI is InChI=1S/C20H16ClF3N4O3/c1-2-31-19(30)12-5-7-14(8-6-12)26-27-18(29)16-4-3-9-28(16)17-15(21)10-13(11-25-17)20(22,23)24/h3-11,26H,2H2,1H3,(H,27,29). The van der Waals surface area contributed by atoms with Crippen molar-refractivity contribution >= 4 is 29.2 Å². The summed E-state index contributed by atoms with van der Waals surface area (Å²) >= 11 is 5.97. The number of carbonyl (C=O) groups is 2. The molecule has 11 heteroatoms. The minimum absolute atomic E-state index is 0.0244. The molecule has 0 atom stereocenters. The van der Waals surface area contributed by atoms with Crippen LogP contribution in [0, 0.1) is 0 Å². The molecule has 7 nitrogen and oxygen atoms in total. The van der Waals surface area contributed by atoms with E-state index in [1.807, 2.05) is 0 Å². The van der Waals surface area contributed by atoms with Gasteiger partial charge in [0.1, 0.15) is 5.69 Å². The van der Waals surface area contributed by atoms with Crippen LogP contribution in [-0.4, -0.2) is 28.0 Å². The van der Waals surface area contributed by atoms with Crippen LogP contribution in [0.4, 0.5) is 18.9 Å². The number of pyridine rings is 1. The van der Waals surface area contributed by atoms with Crippen LogP contribution >= 0.6 is 11.6 Å². The number of amides is 1. The maximum absolute atomic E-state index is 12.8. The summed E-state index contributed by atoms with van der Waals surface area (Å²) in [5, 5.41) is -0.261. The van der Waals surface area contributed by atoms with Crippen molar-refractivity contribution in [3.8, 4) is 5.82 Å². The second kappa shape index (κ2) is 9.09. The molecule has 0 radical (unpaired) electrons. The lowest BCUT2D eigenvalue weighted by Crippen LogP contribution is -2.31. The minimum atomic E-state index is -4.58. The zero-order valence-electron chi connectivity index (χ0n) is 16.0. The molecule has 2 N–H and O–H groups in total. The first-order valence-corrected chi connectivity index (χ1v) is 9.32. The van der Waals surface area contributed by atoms with Crippen LogP contribution in [0.5, 0.6) is 0 Å². The van der Waals surface area contributed by atoms with Crippen molar-refractivity contribution < 1.29 is 27.5 Å². The average molecular weight is 453 g/mol. The third-order valence-electron chi connectivity index (χ3n) is 4.08. The van der Waals surface area contributed by atoms with E-state index in [4.69, 9.17) is 16.3 Å². The zero-order chi connectivity index (χ0) is 22.6. The van der Waals surface area contributed by atoms with E-state index in [0.29, 0.717) is 17.4 Å². The number of esters is 1. The molecule has 0 saturated heterocycles. The second-order valence-corrected chi connectivity index (χ2v) is 6.57. The number of hydrogen-bond acceptors (Lipinski definition) is 5. The Labute approximate surface area is 179 Å². The number of nitrogens with one attached hydrogen (secondary N) is 2. The van der Waals surface area contributed by atoms with Crippen molar-refractivity contribution in [2.45, 2.75) is 13.1 Å². The second-order valence-electron chi connectivity index (χ2n) is 6.17. The van der Waals surface area contributed by atoms with E-state index in [1.165, 1.54) is 35.0 Å². The number of rotatable bonds is 6. The summed E-state index contributed by atoms with van der Waals surface area (Å²) in [5.74, 6) is -1.07. The van der Waals surface area contributed by atoms with E-state index < -0.39 is 23.6 Å². The topological polar surface area (TPSA) is 85.3 Å². The summed E-state index contributed by atoms with van der Waals surface area (Å²) in [4.78, 5) is 28.0. The van der Waals surface area contributed by atoms with Crippen molar-refractivity contribution in [2.75, 3.05) is 12.0 Å². The SMILES string of the molecule is CCOC(=O)c1ccc(NNC(=O)c2cccn2-c2ncc(C(F)(F)F)cc2Cl)cc1. The molecule has 162 valence electrons. The first-order valence-electron chi connectivity index (χ1n) is 8.94. The molecule has 3 aromatic rings. The fourth-order valence-electron chi connectivity index (χ4n) is 2.61. The van der Waals surface area contributed by atoms with E-state index in [0.717, 1.165) is 6.07 Å².